The van der Waals surface area contributed by atoms with Crippen LogP contribution in [0.25, 0.3) is 0 Å². The summed E-state index contributed by atoms with van der Waals surface area (Å²) in [6, 6.07) is 0.594. The number of aromatic nitrogens is 1. The van der Waals surface area contributed by atoms with Crippen molar-refractivity contribution in [2.75, 3.05) is 7.05 Å². The zero-order chi connectivity index (χ0) is 8.27. The van der Waals surface area contributed by atoms with Crippen LogP contribution >= 0.6 is 11.3 Å². The summed E-state index contributed by atoms with van der Waals surface area (Å²) in [6.07, 6.45) is 0. The molecule has 2 nitrogen and oxygen atoms in total. The minimum atomic E-state index is 0.594. The van der Waals surface area contributed by atoms with E-state index in [0.29, 0.717) is 6.04 Å². The minimum Gasteiger partial charge on any atom is -0.298 e. The molecule has 0 aliphatic rings. The zero-order valence-corrected chi connectivity index (χ0v) is 8.06. The molecule has 0 aliphatic carbocycles. The summed E-state index contributed by atoms with van der Waals surface area (Å²) in [7, 11) is 2.12. The van der Waals surface area contributed by atoms with E-state index < -0.39 is 0 Å². The average molecular weight is 170 g/mol. The third-order valence-electron chi connectivity index (χ3n) is 1.78. The highest BCUT2D eigenvalue weighted by molar-refractivity contribution is 7.07. The SMILES string of the molecule is CC(C)N(C)Cc1cscn1. The van der Waals surface area contributed by atoms with Crippen molar-refractivity contribution in [1.29, 1.82) is 0 Å². The van der Waals surface area contributed by atoms with E-state index in [1.807, 2.05) is 5.51 Å². The van der Waals surface area contributed by atoms with Crippen molar-refractivity contribution in [2.24, 2.45) is 0 Å². The molecule has 3 heteroatoms. The van der Waals surface area contributed by atoms with Crippen LogP contribution in [0, 0.1) is 0 Å². The van der Waals surface area contributed by atoms with Gasteiger partial charge in [0.2, 0.25) is 0 Å². The number of thiazole rings is 1. The maximum absolute atomic E-state index is 4.22. The van der Waals surface area contributed by atoms with Gasteiger partial charge in [-0.05, 0) is 20.9 Å². The molecule has 0 radical (unpaired) electrons. The fraction of sp³-hybridized carbons (Fsp3) is 0.625. The molecule has 0 saturated carbocycles. The maximum Gasteiger partial charge on any atom is 0.0795 e. The maximum atomic E-state index is 4.22. The molecule has 0 saturated heterocycles. The molecule has 0 bridgehead atoms. The summed E-state index contributed by atoms with van der Waals surface area (Å²) < 4.78 is 0. The zero-order valence-electron chi connectivity index (χ0n) is 7.24. The van der Waals surface area contributed by atoms with Crippen LogP contribution in [0.2, 0.25) is 0 Å². The predicted octanol–water partition coefficient (Wildman–Crippen LogP) is 1.98. The molecular formula is C8H14N2S. The van der Waals surface area contributed by atoms with Gasteiger partial charge < -0.3 is 0 Å². The van der Waals surface area contributed by atoms with Crippen LogP contribution in [0.4, 0.5) is 0 Å². The van der Waals surface area contributed by atoms with Gasteiger partial charge in [0, 0.05) is 18.0 Å². The first kappa shape index (κ1) is 8.68. The highest BCUT2D eigenvalue weighted by atomic mass is 32.1. The van der Waals surface area contributed by atoms with E-state index in [0.717, 1.165) is 6.54 Å². The lowest BCUT2D eigenvalue weighted by Gasteiger charge is -2.19. The Morgan fingerprint density at radius 1 is 1.64 bits per heavy atom. The van der Waals surface area contributed by atoms with Crippen LogP contribution < -0.4 is 0 Å². The second-order valence-electron chi connectivity index (χ2n) is 2.99. The Hall–Kier alpha value is -0.410. The first-order valence-electron chi connectivity index (χ1n) is 3.77. The van der Waals surface area contributed by atoms with Gasteiger partial charge in [0.15, 0.2) is 0 Å². The first-order chi connectivity index (χ1) is 5.20. The monoisotopic (exact) mass is 170 g/mol. The summed E-state index contributed by atoms with van der Waals surface area (Å²) in [6.45, 7) is 5.33. The molecule has 11 heavy (non-hydrogen) atoms. The summed E-state index contributed by atoms with van der Waals surface area (Å²) in [5.74, 6) is 0. The summed E-state index contributed by atoms with van der Waals surface area (Å²) in [4.78, 5) is 6.49. The average Bonchev–Trinajstić information content (AvgIpc) is 2.39. The van der Waals surface area contributed by atoms with E-state index >= 15 is 0 Å². The van der Waals surface area contributed by atoms with Gasteiger partial charge in [0.05, 0.1) is 11.2 Å². The molecule has 0 atom stereocenters. The predicted molar refractivity (Wildman–Crippen MR) is 48.7 cm³/mol. The molecule has 0 aromatic carbocycles. The van der Waals surface area contributed by atoms with Crippen LogP contribution in [0.15, 0.2) is 10.9 Å². The van der Waals surface area contributed by atoms with Crippen molar-refractivity contribution < 1.29 is 0 Å². The minimum absolute atomic E-state index is 0.594. The molecule has 0 aliphatic heterocycles. The van der Waals surface area contributed by atoms with Gasteiger partial charge in [-0.25, -0.2) is 4.98 Å². The normalized spacial score (nSPS) is 11.4. The van der Waals surface area contributed by atoms with Gasteiger partial charge in [-0.15, -0.1) is 11.3 Å². The van der Waals surface area contributed by atoms with Crippen LogP contribution in [-0.2, 0) is 6.54 Å². The number of hydrogen-bond acceptors (Lipinski definition) is 3. The van der Waals surface area contributed by atoms with E-state index in [-0.39, 0.29) is 0 Å². The fourth-order valence-electron chi connectivity index (χ4n) is 0.754. The second-order valence-corrected chi connectivity index (χ2v) is 3.71. The Labute approximate surface area is 71.9 Å². The molecule has 1 heterocycles. The lowest BCUT2D eigenvalue weighted by atomic mass is 10.3. The molecule has 0 fully saturated rings. The van der Waals surface area contributed by atoms with Gasteiger partial charge in [0.1, 0.15) is 0 Å². The molecule has 1 aromatic rings. The van der Waals surface area contributed by atoms with E-state index in [2.05, 4.69) is 36.2 Å². The van der Waals surface area contributed by atoms with Crippen molar-refractivity contribution in [3.8, 4) is 0 Å². The van der Waals surface area contributed by atoms with Crippen LogP contribution in [0.1, 0.15) is 19.5 Å². The van der Waals surface area contributed by atoms with Crippen LogP contribution in [0.3, 0.4) is 0 Å². The molecular weight excluding hydrogens is 156 g/mol. The van der Waals surface area contributed by atoms with Crippen molar-refractivity contribution in [1.82, 2.24) is 9.88 Å². The largest absolute Gasteiger partial charge is 0.298 e. The molecule has 0 unspecified atom stereocenters. The number of nitrogens with zero attached hydrogens (tertiary/aromatic N) is 2. The van der Waals surface area contributed by atoms with Gasteiger partial charge in [-0.1, -0.05) is 0 Å². The first-order valence-corrected chi connectivity index (χ1v) is 4.71. The molecule has 0 N–H and O–H groups in total. The highest BCUT2D eigenvalue weighted by Gasteiger charge is 2.04. The molecule has 1 aromatic heterocycles. The standard InChI is InChI=1S/C8H14N2S/c1-7(2)10(3)4-8-5-11-6-9-8/h5-7H,4H2,1-3H3. The fourth-order valence-corrected chi connectivity index (χ4v) is 1.30. The number of rotatable bonds is 3. The Balaban J connectivity index is 2.43. The quantitative estimate of drug-likeness (QED) is 0.689. The van der Waals surface area contributed by atoms with E-state index in [1.54, 1.807) is 11.3 Å². The third-order valence-corrected chi connectivity index (χ3v) is 2.41. The van der Waals surface area contributed by atoms with Crippen LogP contribution in [0.5, 0.6) is 0 Å². The van der Waals surface area contributed by atoms with Gasteiger partial charge in [-0.2, -0.15) is 0 Å². The smallest absolute Gasteiger partial charge is 0.0795 e. The van der Waals surface area contributed by atoms with E-state index in [9.17, 15) is 0 Å². The lowest BCUT2D eigenvalue weighted by molar-refractivity contribution is 0.263. The van der Waals surface area contributed by atoms with Crippen molar-refractivity contribution in [2.45, 2.75) is 26.4 Å². The molecule has 62 valence electrons. The molecule has 0 amide bonds. The molecule has 1 rings (SSSR count). The van der Waals surface area contributed by atoms with Gasteiger partial charge in [-0.3, -0.25) is 4.90 Å². The second kappa shape index (κ2) is 3.83. The van der Waals surface area contributed by atoms with E-state index in [4.69, 9.17) is 0 Å². The molecule has 0 spiro atoms. The van der Waals surface area contributed by atoms with E-state index in [1.165, 1.54) is 5.69 Å². The Morgan fingerprint density at radius 2 is 2.36 bits per heavy atom. The van der Waals surface area contributed by atoms with Gasteiger partial charge in [0.25, 0.3) is 0 Å². The Kier molecular flexibility index (Phi) is 3.02. The summed E-state index contributed by atoms with van der Waals surface area (Å²) in [5.41, 5.74) is 3.05. The Bertz CT molecular complexity index is 194. The van der Waals surface area contributed by atoms with Crippen molar-refractivity contribution in [3.05, 3.63) is 16.6 Å². The Morgan fingerprint density at radius 3 is 2.82 bits per heavy atom. The summed E-state index contributed by atoms with van der Waals surface area (Å²) in [5, 5.41) is 2.10. The lowest BCUT2D eigenvalue weighted by Crippen LogP contribution is -2.25. The number of hydrogen-bond donors (Lipinski definition) is 0. The summed E-state index contributed by atoms with van der Waals surface area (Å²) >= 11 is 1.66. The van der Waals surface area contributed by atoms with Crippen molar-refractivity contribution >= 4 is 11.3 Å². The topological polar surface area (TPSA) is 16.1 Å². The van der Waals surface area contributed by atoms with Gasteiger partial charge >= 0.3 is 0 Å². The van der Waals surface area contributed by atoms with Crippen molar-refractivity contribution in [3.63, 3.8) is 0 Å². The third kappa shape index (κ3) is 2.60. The van der Waals surface area contributed by atoms with Crippen LogP contribution in [-0.4, -0.2) is 23.0 Å². The highest BCUT2D eigenvalue weighted by Crippen LogP contribution is 2.05.